The van der Waals surface area contributed by atoms with Crippen molar-refractivity contribution >= 4 is 46.9 Å². The molecule has 2 aliphatic rings. The topological polar surface area (TPSA) is 190 Å². The molecule has 2 amide bonds. The van der Waals surface area contributed by atoms with E-state index in [0.29, 0.717) is 44.5 Å². The highest BCUT2D eigenvalue weighted by atomic mass is 16.6. The first kappa shape index (κ1) is 38.9. The Morgan fingerprint density at radius 2 is 0.980 bits per heavy atom. The van der Waals surface area contributed by atoms with Crippen molar-refractivity contribution in [3.05, 3.63) is 93.1 Å². The molecule has 0 aromatic heterocycles. The zero-order valence-corrected chi connectivity index (χ0v) is 29.2. The van der Waals surface area contributed by atoms with Crippen LogP contribution in [0.25, 0.3) is 0 Å². The first-order valence-corrected chi connectivity index (χ1v) is 16.1. The van der Waals surface area contributed by atoms with Gasteiger partial charge in [-0.25, -0.2) is 4.79 Å². The van der Waals surface area contributed by atoms with E-state index < -0.39 is 35.5 Å². The number of carboxylic acid groups (broad SMARTS) is 1. The lowest BCUT2D eigenvalue weighted by Gasteiger charge is -2.23. The minimum absolute atomic E-state index is 0.000990. The molecule has 0 heterocycles. The Morgan fingerprint density at radius 3 is 1.32 bits per heavy atom. The van der Waals surface area contributed by atoms with Crippen LogP contribution in [-0.4, -0.2) is 69.7 Å². The van der Waals surface area contributed by atoms with Crippen molar-refractivity contribution in [3.8, 4) is 0 Å². The van der Waals surface area contributed by atoms with Crippen molar-refractivity contribution in [1.82, 2.24) is 10.6 Å². The van der Waals surface area contributed by atoms with Crippen LogP contribution in [0, 0.1) is 0 Å². The molecular formula is C38H42N2O10. The third-order valence-electron chi connectivity index (χ3n) is 8.06. The average molecular weight is 687 g/mol. The second kappa shape index (κ2) is 16.3. The molecule has 3 N–H and O–H groups in total. The Morgan fingerprint density at radius 1 is 0.640 bits per heavy atom. The van der Waals surface area contributed by atoms with Crippen LogP contribution in [0.1, 0.15) is 116 Å². The quantitative estimate of drug-likeness (QED) is 0.294. The van der Waals surface area contributed by atoms with Gasteiger partial charge in [-0.05, 0) is 61.3 Å². The van der Waals surface area contributed by atoms with Crippen LogP contribution in [0.5, 0.6) is 0 Å². The monoisotopic (exact) mass is 686 g/mol. The smallest absolute Gasteiger partial charge is 0.328 e. The van der Waals surface area contributed by atoms with Crippen LogP contribution < -0.4 is 10.6 Å². The minimum Gasteiger partial charge on any atom is -0.480 e. The minimum atomic E-state index is -1.13. The Labute approximate surface area is 290 Å². The van der Waals surface area contributed by atoms with Crippen molar-refractivity contribution in [2.75, 3.05) is 0 Å². The number of carbonyl (C=O) groups is 8. The number of fused-ring (bicyclic) bond motifs is 2. The largest absolute Gasteiger partial charge is 0.480 e. The van der Waals surface area contributed by atoms with Gasteiger partial charge < -0.3 is 20.5 Å². The van der Waals surface area contributed by atoms with Gasteiger partial charge in [-0.1, -0.05) is 48.5 Å². The zero-order valence-electron chi connectivity index (χ0n) is 29.2. The number of nitrogens with one attached hydrogen (secondary N) is 2. The van der Waals surface area contributed by atoms with Crippen LogP contribution in [0.2, 0.25) is 0 Å². The fraction of sp³-hybridized carbons (Fsp3) is 0.368. The molecule has 0 bridgehead atoms. The molecule has 12 heteroatoms. The van der Waals surface area contributed by atoms with Gasteiger partial charge in [0.1, 0.15) is 17.7 Å². The van der Waals surface area contributed by atoms with Gasteiger partial charge in [0.25, 0.3) is 0 Å². The molecule has 12 nitrogen and oxygen atoms in total. The predicted molar refractivity (Wildman–Crippen MR) is 183 cm³/mol. The van der Waals surface area contributed by atoms with E-state index >= 15 is 0 Å². The van der Waals surface area contributed by atoms with E-state index in [2.05, 4.69) is 10.6 Å². The van der Waals surface area contributed by atoms with Gasteiger partial charge in [-0.15, -0.1) is 0 Å². The maximum atomic E-state index is 12.7. The Bertz CT molecular complexity index is 1830. The van der Waals surface area contributed by atoms with Crippen molar-refractivity contribution in [1.29, 1.82) is 0 Å². The number of carbonyl (C=O) groups excluding carboxylic acids is 7. The third-order valence-corrected chi connectivity index (χ3v) is 8.06. The number of esters is 1. The van der Waals surface area contributed by atoms with E-state index in [9.17, 15) is 38.4 Å². The lowest BCUT2D eigenvalue weighted by atomic mass is 9.83. The summed E-state index contributed by atoms with van der Waals surface area (Å²) >= 11 is 0. The number of hydrogen-bond acceptors (Lipinski definition) is 9. The molecule has 0 fully saturated rings. The molecule has 4 rings (SSSR count). The van der Waals surface area contributed by atoms with E-state index in [1.807, 2.05) is 0 Å². The second-order valence-electron chi connectivity index (χ2n) is 13.1. The van der Waals surface area contributed by atoms with E-state index in [4.69, 9.17) is 9.84 Å². The number of hydrogen-bond donors (Lipinski definition) is 3. The number of ketones is 4. The van der Waals surface area contributed by atoms with Gasteiger partial charge in [-0.3, -0.25) is 33.6 Å². The second-order valence-corrected chi connectivity index (χ2v) is 13.1. The summed E-state index contributed by atoms with van der Waals surface area (Å²) in [7, 11) is 0. The first-order chi connectivity index (χ1) is 23.3. The lowest BCUT2D eigenvalue weighted by molar-refractivity contribution is -0.158. The van der Waals surface area contributed by atoms with E-state index in [-0.39, 0.29) is 54.7 Å². The molecule has 2 atom stereocenters. The molecular weight excluding hydrogens is 644 g/mol. The van der Waals surface area contributed by atoms with Crippen molar-refractivity contribution in [2.24, 2.45) is 0 Å². The summed E-state index contributed by atoms with van der Waals surface area (Å²) in [5, 5.41) is 13.6. The van der Waals surface area contributed by atoms with Crippen molar-refractivity contribution < 1.29 is 48.2 Å². The highest BCUT2D eigenvalue weighted by molar-refractivity contribution is 6.27. The molecule has 0 spiro atoms. The van der Waals surface area contributed by atoms with Crippen molar-refractivity contribution in [3.63, 3.8) is 0 Å². The van der Waals surface area contributed by atoms with Crippen LogP contribution in [0.3, 0.4) is 0 Å². The average Bonchev–Trinajstić information content (AvgIpc) is 3.05. The molecule has 50 heavy (non-hydrogen) atoms. The van der Waals surface area contributed by atoms with Gasteiger partial charge in [0.2, 0.25) is 11.8 Å². The van der Waals surface area contributed by atoms with Gasteiger partial charge in [0, 0.05) is 57.4 Å². The van der Waals surface area contributed by atoms with Gasteiger partial charge in [0.05, 0.1) is 0 Å². The summed E-state index contributed by atoms with van der Waals surface area (Å²) in [6.45, 7) is 11.3. The number of benzene rings is 2. The van der Waals surface area contributed by atoms with Crippen LogP contribution in [-0.2, 0) is 23.9 Å². The maximum Gasteiger partial charge on any atom is 0.328 e. The standard InChI is InChI=1S/C21H25NO5.C17H17NO5/c1-12-14(19(25)16-9-7-6-8-15(16)18(12)24)10-11-17(23)22-13(2)20(26)27-21(3,4)5;1-9-11(7-8-14(19)18-10(2)17(22)23)16(21)13-6-4-3-5-12(13)15(9)20/h6-9,13H,10-11H2,1-5H3,(H,22,23);3-6,10H,7-8H2,1-2H3,(H,18,19)(H,22,23). The Balaban J connectivity index is 0.000000274. The van der Waals surface area contributed by atoms with Gasteiger partial charge in [0.15, 0.2) is 23.1 Å². The van der Waals surface area contributed by atoms with Crippen molar-refractivity contribution in [2.45, 2.75) is 91.8 Å². The zero-order chi connectivity index (χ0) is 37.5. The molecule has 264 valence electrons. The van der Waals surface area contributed by atoms with E-state index in [0.717, 1.165) is 0 Å². The fourth-order valence-corrected chi connectivity index (χ4v) is 5.32. The summed E-state index contributed by atoms with van der Waals surface area (Å²) < 4.78 is 5.22. The summed E-state index contributed by atoms with van der Waals surface area (Å²) in [6.07, 6.45) is 0.188. The Hall–Kier alpha value is -5.52. The summed E-state index contributed by atoms with van der Waals surface area (Å²) in [6, 6.07) is 11.5. The molecule has 0 aliphatic heterocycles. The number of allylic oxidation sites excluding steroid dienone is 4. The normalized spacial score (nSPS) is 15.3. The van der Waals surface area contributed by atoms with E-state index in [1.54, 1.807) is 90.1 Å². The number of rotatable bonds is 10. The number of amides is 2. The first-order valence-electron chi connectivity index (χ1n) is 16.1. The van der Waals surface area contributed by atoms with Crippen LogP contribution >= 0.6 is 0 Å². The lowest BCUT2D eigenvalue weighted by Crippen LogP contribution is -2.42. The highest BCUT2D eigenvalue weighted by Gasteiger charge is 2.31. The number of aliphatic carboxylic acids is 1. The molecule has 2 unspecified atom stereocenters. The molecule has 0 saturated heterocycles. The summed E-state index contributed by atoms with van der Waals surface area (Å²) in [4.78, 5) is 96.4. The molecule has 2 aromatic carbocycles. The summed E-state index contributed by atoms with van der Waals surface area (Å²) in [5.41, 5.74) is 2.21. The number of Topliss-reactive ketones (excluding diaryl/α,β-unsaturated/α-hetero) is 4. The van der Waals surface area contributed by atoms with Crippen LogP contribution in [0.15, 0.2) is 70.8 Å². The van der Waals surface area contributed by atoms with E-state index in [1.165, 1.54) is 6.92 Å². The van der Waals surface area contributed by atoms with Crippen LogP contribution in [0.4, 0.5) is 0 Å². The van der Waals surface area contributed by atoms with Gasteiger partial charge >= 0.3 is 11.9 Å². The SMILES string of the molecule is CC1=C(CCC(=O)NC(C)C(=O)O)C(=O)c2ccccc2C1=O.CC1=C(CCC(=O)NC(C)C(=O)OC(C)(C)C)C(=O)c2ccccc2C1=O. The maximum absolute atomic E-state index is 12.7. The molecule has 2 aromatic rings. The molecule has 0 saturated carbocycles. The molecule has 0 radical (unpaired) electrons. The predicted octanol–water partition coefficient (Wildman–Crippen LogP) is 4.76. The Kier molecular flexibility index (Phi) is 12.7. The number of carboxylic acids is 1. The third kappa shape index (κ3) is 9.55. The molecule has 2 aliphatic carbocycles. The number of ether oxygens (including phenoxy) is 1. The highest BCUT2D eigenvalue weighted by Crippen LogP contribution is 2.29. The summed E-state index contributed by atoms with van der Waals surface area (Å²) in [5.74, 6) is -3.40. The fourth-order valence-electron chi connectivity index (χ4n) is 5.32. The van der Waals surface area contributed by atoms with Gasteiger partial charge in [-0.2, -0.15) is 0 Å².